The molecule has 0 atom stereocenters. The molecule has 5 rings (SSSR count). The van der Waals surface area contributed by atoms with E-state index in [-0.39, 0.29) is 29.1 Å². The SMILES string of the molecule is CC12CC(c3cc(NC(=O)Cc4ccc(C(O)=C(C#N)C#N)cc4)on3)(C1)C2. The number of nitrogens with zero attached hydrogens (tertiary/aromatic N) is 3. The fraction of sp³-hybridized carbons (Fsp3) is 0.333. The largest absolute Gasteiger partial charge is 0.505 e. The maximum absolute atomic E-state index is 12.3. The molecule has 1 heterocycles. The molecule has 140 valence electrons. The number of aliphatic hydroxyl groups excluding tert-OH is 1. The van der Waals surface area contributed by atoms with Crippen LogP contribution in [0.2, 0.25) is 0 Å². The van der Waals surface area contributed by atoms with Gasteiger partial charge in [-0.2, -0.15) is 10.5 Å². The Labute approximate surface area is 161 Å². The second kappa shape index (κ2) is 6.24. The van der Waals surface area contributed by atoms with Crippen molar-refractivity contribution in [2.24, 2.45) is 5.41 Å². The van der Waals surface area contributed by atoms with Crippen LogP contribution in [0.5, 0.6) is 0 Å². The summed E-state index contributed by atoms with van der Waals surface area (Å²) in [6.07, 6.45) is 3.51. The van der Waals surface area contributed by atoms with Gasteiger partial charge in [0.1, 0.15) is 12.1 Å². The Morgan fingerprint density at radius 1 is 1.25 bits per heavy atom. The topological polar surface area (TPSA) is 123 Å². The number of anilines is 1. The van der Waals surface area contributed by atoms with Crippen LogP contribution in [0.25, 0.3) is 5.76 Å². The Hall–Kier alpha value is -3.58. The maximum Gasteiger partial charge on any atom is 0.231 e. The molecule has 7 heteroatoms. The van der Waals surface area contributed by atoms with Gasteiger partial charge in [0.15, 0.2) is 11.3 Å². The summed E-state index contributed by atoms with van der Waals surface area (Å²) < 4.78 is 5.27. The van der Waals surface area contributed by atoms with Crippen molar-refractivity contribution in [3.05, 3.63) is 52.7 Å². The van der Waals surface area contributed by atoms with E-state index in [1.54, 1.807) is 36.4 Å². The number of aliphatic hydroxyl groups is 1. The van der Waals surface area contributed by atoms with Gasteiger partial charge in [0.25, 0.3) is 0 Å². The number of nitriles is 2. The van der Waals surface area contributed by atoms with Gasteiger partial charge in [0.2, 0.25) is 11.8 Å². The number of allylic oxidation sites excluding steroid dienone is 1. The third-order valence-electron chi connectivity index (χ3n) is 5.66. The molecule has 2 aromatic rings. The van der Waals surface area contributed by atoms with Crippen LogP contribution in [0.1, 0.15) is 43.0 Å². The van der Waals surface area contributed by atoms with Crippen LogP contribution in [0.15, 0.2) is 40.4 Å². The van der Waals surface area contributed by atoms with Crippen molar-refractivity contribution in [1.29, 1.82) is 10.5 Å². The normalized spacial score (nSPS) is 24.1. The molecular weight excluding hydrogens is 356 g/mol. The highest BCUT2D eigenvalue weighted by molar-refractivity contribution is 5.91. The summed E-state index contributed by atoms with van der Waals surface area (Å²) >= 11 is 0. The summed E-state index contributed by atoms with van der Waals surface area (Å²) in [6, 6.07) is 11.5. The number of aromatic nitrogens is 1. The monoisotopic (exact) mass is 374 g/mol. The Morgan fingerprint density at radius 3 is 2.46 bits per heavy atom. The molecule has 2 N–H and O–H groups in total. The van der Waals surface area contributed by atoms with E-state index >= 15 is 0 Å². The highest BCUT2D eigenvalue weighted by Gasteiger charge is 2.66. The number of benzene rings is 1. The van der Waals surface area contributed by atoms with E-state index in [1.807, 2.05) is 6.07 Å². The number of hydrogen-bond acceptors (Lipinski definition) is 6. The lowest BCUT2D eigenvalue weighted by molar-refractivity contribution is -0.129. The fourth-order valence-electron chi connectivity index (χ4n) is 4.57. The molecule has 3 fully saturated rings. The number of nitrogens with one attached hydrogen (secondary N) is 1. The zero-order valence-electron chi connectivity index (χ0n) is 15.3. The van der Waals surface area contributed by atoms with Crippen molar-refractivity contribution in [2.75, 3.05) is 5.32 Å². The summed E-state index contributed by atoms with van der Waals surface area (Å²) in [4.78, 5) is 12.3. The van der Waals surface area contributed by atoms with Crippen LogP contribution in [0.4, 0.5) is 5.88 Å². The third kappa shape index (κ3) is 2.91. The lowest BCUT2D eigenvalue weighted by Gasteiger charge is -2.68. The molecule has 2 bridgehead atoms. The molecule has 3 saturated carbocycles. The molecule has 3 aliphatic rings. The molecule has 3 aliphatic carbocycles. The van der Waals surface area contributed by atoms with Crippen molar-refractivity contribution in [1.82, 2.24) is 5.16 Å². The summed E-state index contributed by atoms with van der Waals surface area (Å²) in [5.74, 6) is -0.271. The van der Waals surface area contributed by atoms with Gasteiger partial charge in [-0.05, 0) is 30.2 Å². The van der Waals surface area contributed by atoms with Crippen LogP contribution in [-0.4, -0.2) is 16.2 Å². The van der Waals surface area contributed by atoms with Crippen LogP contribution < -0.4 is 5.32 Å². The van der Waals surface area contributed by atoms with Crippen LogP contribution in [0, 0.1) is 28.1 Å². The van der Waals surface area contributed by atoms with E-state index in [2.05, 4.69) is 17.4 Å². The van der Waals surface area contributed by atoms with Gasteiger partial charge in [-0.1, -0.05) is 36.3 Å². The van der Waals surface area contributed by atoms with Gasteiger partial charge in [0.05, 0.1) is 12.1 Å². The summed E-state index contributed by atoms with van der Waals surface area (Å²) in [5, 5.41) is 34.3. The average Bonchev–Trinajstić information content (AvgIpc) is 3.08. The molecule has 28 heavy (non-hydrogen) atoms. The molecule has 0 aliphatic heterocycles. The molecule has 1 aromatic heterocycles. The number of carbonyl (C=O) groups is 1. The number of amides is 1. The molecule has 1 aromatic carbocycles. The van der Waals surface area contributed by atoms with Crippen molar-refractivity contribution in [3.8, 4) is 12.1 Å². The van der Waals surface area contributed by atoms with Gasteiger partial charge in [-0.25, -0.2) is 0 Å². The first kappa shape index (κ1) is 17.8. The van der Waals surface area contributed by atoms with Crippen LogP contribution in [-0.2, 0) is 16.6 Å². The minimum absolute atomic E-state index is 0.118. The predicted octanol–water partition coefficient (Wildman–Crippen LogP) is 3.61. The highest BCUT2D eigenvalue weighted by Crippen LogP contribution is 2.73. The average molecular weight is 374 g/mol. The summed E-state index contributed by atoms with van der Waals surface area (Å²) in [7, 11) is 0. The van der Waals surface area contributed by atoms with Gasteiger partial charge >= 0.3 is 0 Å². The Bertz CT molecular complexity index is 1030. The molecule has 0 unspecified atom stereocenters. The second-order valence-electron chi connectivity index (χ2n) is 8.07. The summed E-state index contributed by atoms with van der Waals surface area (Å²) in [6.45, 7) is 2.28. The van der Waals surface area contributed by atoms with E-state index < -0.39 is 0 Å². The minimum Gasteiger partial charge on any atom is -0.505 e. The Morgan fingerprint density at radius 2 is 1.89 bits per heavy atom. The van der Waals surface area contributed by atoms with E-state index in [0.29, 0.717) is 16.9 Å². The Balaban J connectivity index is 1.37. The fourth-order valence-corrected chi connectivity index (χ4v) is 4.57. The predicted molar refractivity (Wildman–Crippen MR) is 99.7 cm³/mol. The lowest BCUT2D eigenvalue weighted by Crippen LogP contribution is -2.62. The third-order valence-corrected chi connectivity index (χ3v) is 5.66. The molecule has 0 spiro atoms. The number of carbonyl (C=O) groups excluding carboxylic acids is 1. The lowest BCUT2D eigenvalue weighted by atomic mass is 9.35. The first-order chi connectivity index (χ1) is 13.4. The zero-order valence-corrected chi connectivity index (χ0v) is 15.3. The maximum atomic E-state index is 12.3. The van der Waals surface area contributed by atoms with E-state index in [9.17, 15) is 9.90 Å². The van der Waals surface area contributed by atoms with Gasteiger partial charge < -0.3 is 9.63 Å². The molecule has 7 nitrogen and oxygen atoms in total. The van der Waals surface area contributed by atoms with Gasteiger partial charge in [-0.15, -0.1) is 0 Å². The van der Waals surface area contributed by atoms with Crippen molar-refractivity contribution in [2.45, 2.75) is 38.0 Å². The van der Waals surface area contributed by atoms with Gasteiger partial charge in [-0.3, -0.25) is 10.1 Å². The van der Waals surface area contributed by atoms with Crippen molar-refractivity contribution in [3.63, 3.8) is 0 Å². The minimum atomic E-state index is -0.377. The van der Waals surface area contributed by atoms with E-state index in [4.69, 9.17) is 15.0 Å². The summed E-state index contributed by atoms with van der Waals surface area (Å²) in [5.41, 5.74) is 2.25. The first-order valence-electron chi connectivity index (χ1n) is 8.96. The quantitative estimate of drug-likeness (QED) is 0.609. The Kier molecular flexibility index (Phi) is 3.97. The number of hydrogen-bond donors (Lipinski definition) is 2. The van der Waals surface area contributed by atoms with E-state index in [0.717, 1.165) is 30.5 Å². The first-order valence-corrected chi connectivity index (χ1v) is 8.96. The molecule has 1 amide bonds. The molecule has 0 radical (unpaired) electrons. The van der Waals surface area contributed by atoms with Crippen molar-refractivity contribution >= 4 is 17.6 Å². The zero-order chi connectivity index (χ0) is 19.9. The van der Waals surface area contributed by atoms with Crippen LogP contribution >= 0.6 is 0 Å². The highest BCUT2D eigenvalue weighted by atomic mass is 16.5. The molecular formula is C21H18N4O3. The molecule has 0 saturated heterocycles. The van der Waals surface area contributed by atoms with E-state index in [1.165, 1.54) is 0 Å². The van der Waals surface area contributed by atoms with Crippen molar-refractivity contribution < 1.29 is 14.4 Å². The van der Waals surface area contributed by atoms with Crippen LogP contribution in [0.3, 0.4) is 0 Å². The van der Waals surface area contributed by atoms with Gasteiger partial charge in [0, 0.05) is 17.0 Å². The smallest absolute Gasteiger partial charge is 0.231 e. The second-order valence-corrected chi connectivity index (χ2v) is 8.07. The number of rotatable bonds is 5. The standard InChI is InChI=1S/C21H18N4O3/c1-20-10-21(11-20,12-20)16-7-18(28-25-16)24-17(26)6-13-2-4-14(5-3-13)19(27)15(8-22)9-23/h2-5,7,27H,6,10-12H2,1H3,(H,24,26).